The number of nitrogens with zero attached hydrogens (tertiary/aromatic N) is 2. The maximum absolute atomic E-state index is 13.9. The van der Waals surface area contributed by atoms with E-state index < -0.39 is 0 Å². The first-order chi connectivity index (χ1) is 14.6. The predicted octanol–water partition coefficient (Wildman–Crippen LogP) is 3.91. The van der Waals surface area contributed by atoms with Gasteiger partial charge in [-0.1, -0.05) is 30.3 Å². The minimum Gasteiger partial charge on any atom is -0.339 e. The van der Waals surface area contributed by atoms with Crippen LogP contribution >= 0.6 is 0 Å². The maximum atomic E-state index is 13.9. The van der Waals surface area contributed by atoms with Crippen LogP contribution in [0.15, 0.2) is 48.5 Å². The van der Waals surface area contributed by atoms with Gasteiger partial charge in [0.1, 0.15) is 5.82 Å². The van der Waals surface area contributed by atoms with Crippen molar-refractivity contribution < 1.29 is 14.0 Å². The molecule has 0 aliphatic carbocycles. The zero-order chi connectivity index (χ0) is 20.9. The average molecular weight is 410 g/mol. The molecule has 0 unspecified atom stereocenters. The molecule has 158 valence electrons. The summed E-state index contributed by atoms with van der Waals surface area (Å²) in [6.07, 6.45) is 3.52. The zero-order valence-electron chi connectivity index (χ0n) is 17.1. The highest BCUT2D eigenvalue weighted by molar-refractivity contribution is 6.04. The van der Waals surface area contributed by atoms with E-state index in [1.165, 1.54) is 6.07 Å². The van der Waals surface area contributed by atoms with E-state index >= 15 is 0 Å². The van der Waals surface area contributed by atoms with Gasteiger partial charge in [-0.3, -0.25) is 14.5 Å². The molecular formula is C24H28FN3O2. The Hall–Kier alpha value is -2.73. The highest BCUT2D eigenvalue weighted by Crippen LogP contribution is 2.24. The number of carbonyl (C=O) groups is 2. The summed E-state index contributed by atoms with van der Waals surface area (Å²) < 4.78 is 13.9. The molecule has 4 rings (SSSR count). The molecular weight excluding hydrogens is 381 g/mol. The van der Waals surface area contributed by atoms with E-state index in [0.717, 1.165) is 51.9 Å². The van der Waals surface area contributed by atoms with Crippen molar-refractivity contribution in [3.63, 3.8) is 0 Å². The standard InChI is InChI=1S/C24H28FN3O2/c25-21-9-3-1-7-19(21)17-27-15-11-18(12-16-27)23(29)26-22-10-4-2-8-20(22)24(30)28-13-5-6-14-28/h1-4,7-10,18H,5-6,11-17H2,(H,26,29). The number of para-hydroxylation sites is 1. The molecule has 5 nitrogen and oxygen atoms in total. The van der Waals surface area contributed by atoms with Crippen molar-refractivity contribution in [2.24, 2.45) is 5.92 Å². The number of anilines is 1. The zero-order valence-corrected chi connectivity index (χ0v) is 17.1. The van der Waals surface area contributed by atoms with Crippen molar-refractivity contribution in [3.8, 4) is 0 Å². The summed E-state index contributed by atoms with van der Waals surface area (Å²) in [6, 6.07) is 14.1. The van der Waals surface area contributed by atoms with Crippen molar-refractivity contribution in [3.05, 3.63) is 65.5 Å². The molecule has 1 N–H and O–H groups in total. The van der Waals surface area contributed by atoms with E-state index in [1.807, 2.05) is 29.2 Å². The molecule has 0 radical (unpaired) electrons. The molecule has 2 aromatic rings. The number of carbonyl (C=O) groups excluding carboxylic acids is 2. The molecule has 2 aliphatic rings. The number of rotatable bonds is 5. The number of piperidine rings is 1. The number of nitrogens with one attached hydrogen (secondary N) is 1. The Kier molecular flexibility index (Phi) is 6.43. The first-order valence-corrected chi connectivity index (χ1v) is 10.8. The topological polar surface area (TPSA) is 52.7 Å². The fraction of sp³-hybridized carbons (Fsp3) is 0.417. The SMILES string of the molecule is O=C(Nc1ccccc1C(=O)N1CCCC1)C1CCN(Cc2ccccc2F)CC1. The van der Waals surface area contributed by atoms with E-state index in [-0.39, 0.29) is 23.5 Å². The summed E-state index contributed by atoms with van der Waals surface area (Å²) in [6.45, 7) is 3.62. The third-order valence-electron chi connectivity index (χ3n) is 6.12. The normalized spacial score (nSPS) is 17.8. The Morgan fingerprint density at radius 3 is 2.33 bits per heavy atom. The van der Waals surface area contributed by atoms with Crippen LogP contribution < -0.4 is 5.32 Å². The van der Waals surface area contributed by atoms with E-state index in [0.29, 0.717) is 23.4 Å². The van der Waals surface area contributed by atoms with Gasteiger partial charge in [0.2, 0.25) is 5.91 Å². The molecule has 6 heteroatoms. The van der Waals surface area contributed by atoms with Gasteiger partial charge in [0, 0.05) is 31.1 Å². The van der Waals surface area contributed by atoms with E-state index in [9.17, 15) is 14.0 Å². The Labute approximate surface area is 176 Å². The molecule has 2 aromatic carbocycles. The lowest BCUT2D eigenvalue weighted by molar-refractivity contribution is -0.121. The number of hydrogen-bond acceptors (Lipinski definition) is 3. The second-order valence-electron chi connectivity index (χ2n) is 8.18. The lowest BCUT2D eigenvalue weighted by Crippen LogP contribution is -2.38. The summed E-state index contributed by atoms with van der Waals surface area (Å²) in [5.74, 6) is -0.334. The van der Waals surface area contributed by atoms with Gasteiger partial charge in [-0.2, -0.15) is 0 Å². The van der Waals surface area contributed by atoms with Crippen LogP contribution in [0.25, 0.3) is 0 Å². The molecule has 0 aromatic heterocycles. The Morgan fingerprint density at radius 1 is 0.933 bits per heavy atom. The third-order valence-corrected chi connectivity index (χ3v) is 6.12. The lowest BCUT2D eigenvalue weighted by Gasteiger charge is -2.31. The molecule has 2 fully saturated rings. The van der Waals surface area contributed by atoms with Crippen LogP contribution in [0.3, 0.4) is 0 Å². The van der Waals surface area contributed by atoms with Gasteiger partial charge in [0.05, 0.1) is 11.3 Å². The monoisotopic (exact) mass is 409 g/mol. The van der Waals surface area contributed by atoms with Crippen molar-refractivity contribution in [1.82, 2.24) is 9.80 Å². The van der Waals surface area contributed by atoms with E-state index in [2.05, 4.69) is 10.2 Å². The van der Waals surface area contributed by atoms with Gasteiger partial charge in [0.15, 0.2) is 0 Å². The number of likely N-dealkylation sites (tertiary alicyclic amines) is 2. The van der Waals surface area contributed by atoms with Crippen LogP contribution in [0, 0.1) is 11.7 Å². The molecule has 2 amide bonds. The van der Waals surface area contributed by atoms with Gasteiger partial charge in [-0.15, -0.1) is 0 Å². The van der Waals surface area contributed by atoms with Crippen molar-refractivity contribution in [2.45, 2.75) is 32.2 Å². The lowest BCUT2D eigenvalue weighted by atomic mass is 9.95. The summed E-state index contributed by atoms with van der Waals surface area (Å²) in [5.41, 5.74) is 1.84. The number of amides is 2. The van der Waals surface area contributed by atoms with Gasteiger partial charge in [-0.25, -0.2) is 4.39 Å². The van der Waals surface area contributed by atoms with Gasteiger partial charge >= 0.3 is 0 Å². The first kappa shape index (κ1) is 20.5. The summed E-state index contributed by atoms with van der Waals surface area (Å²) in [5, 5.41) is 2.99. The van der Waals surface area contributed by atoms with Crippen LogP contribution in [0.2, 0.25) is 0 Å². The molecule has 0 saturated carbocycles. The van der Waals surface area contributed by atoms with E-state index in [1.54, 1.807) is 18.2 Å². The van der Waals surface area contributed by atoms with Gasteiger partial charge in [-0.05, 0) is 57.0 Å². The fourth-order valence-corrected chi connectivity index (χ4v) is 4.32. The highest BCUT2D eigenvalue weighted by Gasteiger charge is 2.27. The first-order valence-electron chi connectivity index (χ1n) is 10.8. The molecule has 30 heavy (non-hydrogen) atoms. The van der Waals surface area contributed by atoms with Crippen LogP contribution in [0.4, 0.5) is 10.1 Å². The molecule has 0 bridgehead atoms. The Balaban J connectivity index is 1.34. The molecule has 2 heterocycles. The van der Waals surface area contributed by atoms with Gasteiger partial charge < -0.3 is 10.2 Å². The smallest absolute Gasteiger partial charge is 0.255 e. The summed E-state index contributed by atoms with van der Waals surface area (Å²) >= 11 is 0. The number of halogens is 1. The second kappa shape index (κ2) is 9.39. The largest absolute Gasteiger partial charge is 0.339 e. The molecule has 2 aliphatic heterocycles. The minimum absolute atomic E-state index is 0.0110. The van der Waals surface area contributed by atoms with E-state index in [4.69, 9.17) is 0 Å². The van der Waals surface area contributed by atoms with Crippen LogP contribution in [0.5, 0.6) is 0 Å². The van der Waals surface area contributed by atoms with Crippen LogP contribution in [-0.4, -0.2) is 47.8 Å². The average Bonchev–Trinajstić information content (AvgIpc) is 3.31. The number of benzene rings is 2. The highest BCUT2D eigenvalue weighted by atomic mass is 19.1. The van der Waals surface area contributed by atoms with Crippen LogP contribution in [0.1, 0.15) is 41.6 Å². The maximum Gasteiger partial charge on any atom is 0.255 e. The minimum atomic E-state index is -0.184. The molecule has 0 atom stereocenters. The Morgan fingerprint density at radius 2 is 1.60 bits per heavy atom. The quantitative estimate of drug-likeness (QED) is 0.815. The third kappa shape index (κ3) is 4.70. The van der Waals surface area contributed by atoms with Crippen molar-refractivity contribution >= 4 is 17.5 Å². The number of hydrogen-bond donors (Lipinski definition) is 1. The van der Waals surface area contributed by atoms with Gasteiger partial charge in [0.25, 0.3) is 5.91 Å². The predicted molar refractivity (Wildman–Crippen MR) is 115 cm³/mol. The fourth-order valence-electron chi connectivity index (χ4n) is 4.32. The van der Waals surface area contributed by atoms with Crippen LogP contribution in [-0.2, 0) is 11.3 Å². The molecule has 2 saturated heterocycles. The summed E-state index contributed by atoms with van der Waals surface area (Å²) in [7, 11) is 0. The second-order valence-corrected chi connectivity index (χ2v) is 8.18. The van der Waals surface area contributed by atoms with Crippen molar-refractivity contribution in [2.75, 3.05) is 31.5 Å². The Bertz CT molecular complexity index is 903. The summed E-state index contributed by atoms with van der Waals surface area (Å²) in [4.78, 5) is 29.7. The molecule has 0 spiro atoms. The van der Waals surface area contributed by atoms with Crippen molar-refractivity contribution in [1.29, 1.82) is 0 Å².